The zero-order chi connectivity index (χ0) is 18.8. The van der Waals surface area contributed by atoms with Gasteiger partial charge in [-0.25, -0.2) is 9.97 Å². The van der Waals surface area contributed by atoms with Crippen molar-refractivity contribution in [1.29, 1.82) is 0 Å². The van der Waals surface area contributed by atoms with Gasteiger partial charge in [0.2, 0.25) is 0 Å². The lowest BCUT2D eigenvalue weighted by Crippen LogP contribution is -2.46. The molecule has 0 aliphatic carbocycles. The van der Waals surface area contributed by atoms with Gasteiger partial charge >= 0.3 is 6.01 Å². The third-order valence-electron chi connectivity index (χ3n) is 4.77. The highest BCUT2D eigenvalue weighted by molar-refractivity contribution is 5.99. The molecule has 0 spiro atoms. The molecule has 0 saturated carbocycles. The van der Waals surface area contributed by atoms with Crippen LogP contribution in [-0.2, 0) is 7.05 Å². The van der Waals surface area contributed by atoms with E-state index in [2.05, 4.69) is 20.6 Å². The largest absolute Gasteiger partial charge is 0.424 e. The summed E-state index contributed by atoms with van der Waals surface area (Å²) in [7, 11) is 3.71. The quantitative estimate of drug-likeness (QED) is 0.733. The Labute approximate surface area is 157 Å². The number of aryl methyl sites for hydroxylation is 1. The molecule has 3 aromatic rings. The zero-order valence-electron chi connectivity index (χ0n) is 15.4. The van der Waals surface area contributed by atoms with E-state index >= 15 is 0 Å². The summed E-state index contributed by atoms with van der Waals surface area (Å²) < 4.78 is 7.67. The number of rotatable bonds is 4. The molecule has 0 radical (unpaired) electrons. The van der Waals surface area contributed by atoms with Crippen LogP contribution >= 0.6 is 0 Å². The van der Waals surface area contributed by atoms with Crippen LogP contribution in [0.25, 0.3) is 10.9 Å². The van der Waals surface area contributed by atoms with Crippen molar-refractivity contribution in [2.24, 2.45) is 7.05 Å². The van der Waals surface area contributed by atoms with Gasteiger partial charge in [0.1, 0.15) is 11.4 Å². The Morgan fingerprint density at radius 2 is 1.93 bits per heavy atom. The van der Waals surface area contributed by atoms with Crippen molar-refractivity contribution in [3.05, 3.63) is 42.4 Å². The SMILES string of the molecule is CNc1cnc(Oc2ccc3cc(C(=O)N4CCNCC4)n(C)c3c2)nc1. The van der Waals surface area contributed by atoms with E-state index in [0.717, 1.165) is 42.8 Å². The van der Waals surface area contributed by atoms with Gasteiger partial charge < -0.3 is 24.8 Å². The summed E-state index contributed by atoms with van der Waals surface area (Å²) >= 11 is 0. The van der Waals surface area contributed by atoms with Crippen molar-refractivity contribution >= 4 is 22.5 Å². The molecule has 8 heteroatoms. The van der Waals surface area contributed by atoms with E-state index < -0.39 is 0 Å². The van der Waals surface area contributed by atoms with Gasteiger partial charge in [-0.2, -0.15) is 0 Å². The van der Waals surface area contributed by atoms with Crippen LogP contribution in [0.1, 0.15) is 10.5 Å². The number of hydrogen-bond donors (Lipinski definition) is 2. The van der Waals surface area contributed by atoms with Gasteiger partial charge in [0, 0.05) is 51.7 Å². The second-order valence-electron chi connectivity index (χ2n) is 6.46. The summed E-state index contributed by atoms with van der Waals surface area (Å²) in [5.41, 5.74) is 2.42. The molecule has 140 valence electrons. The van der Waals surface area contributed by atoms with Crippen molar-refractivity contribution in [1.82, 2.24) is 24.8 Å². The van der Waals surface area contributed by atoms with E-state index in [1.165, 1.54) is 0 Å². The number of carbonyl (C=O) groups excluding carboxylic acids is 1. The number of nitrogens with one attached hydrogen (secondary N) is 2. The predicted octanol–water partition coefficient (Wildman–Crippen LogP) is 1.85. The van der Waals surface area contributed by atoms with E-state index in [-0.39, 0.29) is 11.9 Å². The molecule has 27 heavy (non-hydrogen) atoms. The third kappa shape index (κ3) is 3.43. The first-order valence-electron chi connectivity index (χ1n) is 8.93. The van der Waals surface area contributed by atoms with Crippen LogP contribution in [0.2, 0.25) is 0 Å². The molecule has 3 heterocycles. The molecular formula is C19H22N6O2. The molecule has 0 atom stereocenters. The Balaban J connectivity index is 1.60. The standard InChI is InChI=1S/C19H22N6O2/c1-20-14-11-22-19(23-12-14)27-15-4-3-13-9-17(24(2)16(13)10-15)18(26)25-7-5-21-6-8-25/h3-4,9-12,20-21H,5-8H2,1-2H3. The maximum atomic E-state index is 12.8. The molecule has 0 bridgehead atoms. The van der Waals surface area contributed by atoms with Gasteiger partial charge in [-0.1, -0.05) is 0 Å². The molecule has 8 nitrogen and oxygen atoms in total. The number of fused-ring (bicyclic) bond motifs is 1. The number of carbonyl (C=O) groups is 1. The fourth-order valence-electron chi connectivity index (χ4n) is 3.21. The normalized spacial score (nSPS) is 14.4. The van der Waals surface area contributed by atoms with E-state index in [1.54, 1.807) is 12.4 Å². The van der Waals surface area contributed by atoms with Crippen LogP contribution in [0.15, 0.2) is 36.7 Å². The van der Waals surface area contributed by atoms with E-state index in [1.807, 2.05) is 47.8 Å². The minimum Gasteiger partial charge on any atom is -0.424 e. The molecule has 2 N–H and O–H groups in total. The second kappa shape index (κ2) is 7.24. The van der Waals surface area contributed by atoms with Gasteiger partial charge in [0.25, 0.3) is 5.91 Å². The van der Waals surface area contributed by atoms with Gasteiger partial charge in [-0.3, -0.25) is 4.79 Å². The topological polar surface area (TPSA) is 84.3 Å². The van der Waals surface area contributed by atoms with E-state index in [4.69, 9.17) is 4.74 Å². The predicted molar refractivity (Wildman–Crippen MR) is 103 cm³/mol. The number of aromatic nitrogens is 3. The van der Waals surface area contributed by atoms with E-state index in [9.17, 15) is 4.79 Å². The first kappa shape index (κ1) is 17.3. The Bertz CT molecular complexity index is 960. The van der Waals surface area contributed by atoms with Crippen LogP contribution < -0.4 is 15.4 Å². The minimum absolute atomic E-state index is 0.0589. The molecule has 4 rings (SSSR count). The molecular weight excluding hydrogens is 344 g/mol. The Morgan fingerprint density at radius 3 is 2.63 bits per heavy atom. The highest BCUT2D eigenvalue weighted by Gasteiger charge is 2.21. The lowest BCUT2D eigenvalue weighted by molar-refractivity contribution is 0.0726. The molecule has 1 saturated heterocycles. The van der Waals surface area contributed by atoms with Gasteiger partial charge in [0.15, 0.2) is 0 Å². The number of hydrogen-bond acceptors (Lipinski definition) is 6. The molecule has 2 aromatic heterocycles. The van der Waals surface area contributed by atoms with Gasteiger partial charge in [-0.15, -0.1) is 0 Å². The van der Waals surface area contributed by atoms with Gasteiger partial charge in [-0.05, 0) is 18.2 Å². The monoisotopic (exact) mass is 366 g/mol. The van der Waals surface area contributed by atoms with Crippen LogP contribution in [0.3, 0.4) is 0 Å². The average molecular weight is 366 g/mol. The fourth-order valence-corrected chi connectivity index (χ4v) is 3.21. The third-order valence-corrected chi connectivity index (χ3v) is 4.77. The van der Waals surface area contributed by atoms with Crippen molar-refractivity contribution < 1.29 is 9.53 Å². The maximum Gasteiger partial charge on any atom is 0.322 e. The van der Waals surface area contributed by atoms with Gasteiger partial charge in [0.05, 0.1) is 23.6 Å². The minimum atomic E-state index is 0.0589. The van der Waals surface area contributed by atoms with Crippen molar-refractivity contribution in [3.8, 4) is 11.8 Å². The first-order chi connectivity index (χ1) is 13.2. The molecule has 1 aliphatic heterocycles. The lowest BCUT2D eigenvalue weighted by atomic mass is 10.2. The Hall–Kier alpha value is -3.13. The summed E-state index contributed by atoms with van der Waals surface area (Å²) in [6.45, 7) is 3.13. The van der Waals surface area contributed by atoms with Crippen LogP contribution in [0, 0.1) is 0 Å². The summed E-state index contributed by atoms with van der Waals surface area (Å²) in [4.78, 5) is 23.1. The molecule has 1 amide bonds. The van der Waals surface area contributed by atoms with Crippen LogP contribution in [-0.4, -0.2) is 58.6 Å². The number of nitrogens with zero attached hydrogens (tertiary/aromatic N) is 4. The molecule has 1 fully saturated rings. The van der Waals surface area contributed by atoms with Crippen LogP contribution in [0.5, 0.6) is 11.8 Å². The molecule has 1 aliphatic rings. The highest BCUT2D eigenvalue weighted by atomic mass is 16.5. The smallest absolute Gasteiger partial charge is 0.322 e. The Kier molecular flexibility index (Phi) is 4.64. The summed E-state index contributed by atoms with van der Waals surface area (Å²) in [5, 5.41) is 7.23. The number of benzene rings is 1. The van der Waals surface area contributed by atoms with Crippen molar-refractivity contribution in [3.63, 3.8) is 0 Å². The number of anilines is 1. The zero-order valence-corrected chi connectivity index (χ0v) is 15.4. The van der Waals surface area contributed by atoms with Crippen molar-refractivity contribution in [2.75, 3.05) is 38.5 Å². The maximum absolute atomic E-state index is 12.8. The summed E-state index contributed by atoms with van der Waals surface area (Å²) in [6.07, 6.45) is 3.32. The second-order valence-corrected chi connectivity index (χ2v) is 6.46. The first-order valence-corrected chi connectivity index (χ1v) is 8.93. The molecule has 1 aromatic carbocycles. The average Bonchev–Trinajstić information content (AvgIpc) is 3.05. The number of amides is 1. The lowest BCUT2D eigenvalue weighted by Gasteiger charge is -2.27. The summed E-state index contributed by atoms with van der Waals surface area (Å²) in [6, 6.07) is 7.92. The number of piperazine rings is 1. The summed E-state index contributed by atoms with van der Waals surface area (Å²) in [5.74, 6) is 0.686. The Morgan fingerprint density at radius 1 is 1.19 bits per heavy atom. The van der Waals surface area contributed by atoms with Crippen molar-refractivity contribution in [2.45, 2.75) is 0 Å². The highest BCUT2D eigenvalue weighted by Crippen LogP contribution is 2.27. The molecule has 0 unspecified atom stereocenters. The van der Waals surface area contributed by atoms with Crippen LogP contribution in [0.4, 0.5) is 5.69 Å². The fraction of sp³-hybridized carbons (Fsp3) is 0.316. The van der Waals surface area contributed by atoms with E-state index in [0.29, 0.717) is 11.4 Å². The number of ether oxygens (including phenoxy) is 1.